The van der Waals surface area contributed by atoms with Crippen molar-refractivity contribution in [1.82, 2.24) is 5.23 Å². The fraction of sp³-hybridized carbons (Fsp3) is 1.00. The molecule has 18 heavy (non-hydrogen) atoms. The number of nitrogens with zero attached hydrogens (tertiary/aromatic N) is 1. The molecule has 0 heterocycles. The molecule has 0 N–H and O–H groups in total. The third-order valence-electron chi connectivity index (χ3n) is 2.19. The molecule has 0 saturated carbocycles. The van der Waals surface area contributed by atoms with Crippen LogP contribution in [0.15, 0.2) is 0 Å². The Labute approximate surface area is 109 Å². The summed E-state index contributed by atoms with van der Waals surface area (Å²) in [5, 5.41) is 1.19. The second-order valence-electron chi connectivity index (χ2n) is 3.64. The second kappa shape index (κ2) is 9.62. The van der Waals surface area contributed by atoms with Gasteiger partial charge in [0.1, 0.15) is 0 Å². The Morgan fingerprint density at radius 3 is 1.39 bits per heavy atom. The highest BCUT2D eigenvalue weighted by molar-refractivity contribution is 4.41. The predicted octanol–water partition coefficient (Wildman–Crippen LogP) is 1.49. The number of hydrogen-bond acceptors (Lipinski definition) is 7. The molecule has 0 aliphatic rings. The molecule has 0 fully saturated rings. The molecule has 110 valence electrons. The van der Waals surface area contributed by atoms with E-state index in [0.29, 0.717) is 0 Å². The number of ether oxygens (including phenoxy) is 4. The average molecular weight is 267 g/mol. The van der Waals surface area contributed by atoms with Crippen molar-refractivity contribution in [1.29, 1.82) is 0 Å². The third-order valence-corrected chi connectivity index (χ3v) is 2.19. The third kappa shape index (κ3) is 7.22. The Kier molecular flexibility index (Phi) is 9.47. The zero-order chi connectivity index (χ0) is 14.1. The van der Waals surface area contributed by atoms with Crippen LogP contribution in [0.25, 0.3) is 0 Å². The van der Waals surface area contributed by atoms with Gasteiger partial charge in [0.2, 0.25) is 0 Å². The van der Waals surface area contributed by atoms with Gasteiger partial charge in [-0.2, -0.15) is 0 Å². The van der Waals surface area contributed by atoms with Gasteiger partial charge in [-0.3, -0.25) is 0 Å². The molecular weight excluding hydrogens is 242 g/mol. The van der Waals surface area contributed by atoms with E-state index >= 15 is 0 Å². The lowest BCUT2D eigenvalue weighted by Crippen LogP contribution is -2.42. The van der Waals surface area contributed by atoms with Crippen LogP contribution in [0.5, 0.6) is 0 Å². The molecule has 0 aliphatic heterocycles. The summed E-state index contributed by atoms with van der Waals surface area (Å²) in [5.74, 6) is 0. The Bertz CT molecular complexity index is 194. The lowest BCUT2D eigenvalue weighted by Gasteiger charge is -2.31. The van der Waals surface area contributed by atoms with Crippen LogP contribution >= 0.6 is 0 Å². The largest absolute Gasteiger partial charge is 0.356 e. The van der Waals surface area contributed by atoms with Crippen molar-refractivity contribution in [3.05, 3.63) is 0 Å². The van der Waals surface area contributed by atoms with E-state index in [2.05, 4.69) is 0 Å². The summed E-state index contributed by atoms with van der Waals surface area (Å²) < 4.78 is 20.5. The first-order valence-corrected chi connectivity index (χ1v) is 5.81. The van der Waals surface area contributed by atoms with E-state index in [-0.39, 0.29) is 6.29 Å². The summed E-state index contributed by atoms with van der Waals surface area (Å²) >= 11 is 0. The topological polar surface area (TPSA) is 58.6 Å². The normalized spacial score (nSPS) is 18.7. The van der Waals surface area contributed by atoms with Gasteiger partial charge in [0.25, 0.3) is 0 Å². The van der Waals surface area contributed by atoms with Gasteiger partial charge in [0.15, 0.2) is 25.1 Å². The van der Waals surface area contributed by atoms with Crippen LogP contribution in [0.1, 0.15) is 27.7 Å². The van der Waals surface area contributed by atoms with Gasteiger partial charge in [0, 0.05) is 21.3 Å². The first kappa shape index (κ1) is 17.7. The molecule has 0 aromatic rings. The Hall–Kier alpha value is -0.280. The number of hydroxylamine groups is 2. The van der Waals surface area contributed by atoms with E-state index in [4.69, 9.17) is 28.6 Å². The molecule has 0 saturated heterocycles. The second-order valence-corrected chi connectivity index (χ2v) is 3.64. The van der Waals surface area contributed by atoms with Crippen LogP contribution in [-0.2, 0) is 28.6 Å². The lowest BCUT2D eigenvalue weighted by molar-refractivity contribution is -0.488. The minimum absolute atomic E-state index is 0.384. The fourth-order valence-electron chi connectivity index (χ4n) is 0.958. The smallest absolute Gasteiger partial charge is 0.177 e. The molecule has 0 aromatic heterocycles. The summed E-state index contributed by atoms with van der Waals surface area (Å²) in [5.41, 5.74) is 0. The van der Waals surface area contributed by atoms with Crippen molar-refractivity contribution in [3.63, 3.8) is 0 Å². The van der Waals surface area contributed by atoms with Crippen molar-refractivity contribution in [2.24, 2.45) is 0 Å². The number of hydrogen-bond donors (Lipinski definition) is 0. The highest BCUT2D eigenvalue weighted by Crippen LogP contribution is 2.11. The van der Waals surface area contributed by atoms with E-state index in [9.17, 15) is 0 Å². The Morgan fingerprint density at radius 1 is 0.667 bits per heavy atom. The first-order valence-electron chi connectivity index (χ1n) is 5.81. The van der Waals surface area contributed by atoms with Gasteiger partial charge >= 0.3 is 0 Å². The summed E-state index contributed by atoms with van der Waals surface area (Å²) in [6.45, 7) is 7.01. The fourth-order valence-corrected chi connectivity index (χ4v) is 0.958. The average Bonchev–Trinajstić information content (AvgIpc) is 2.36. The van der Waals surface area contributed by atoms with Crippen LogP contribution in [0.2, 0.25) is 0 Å². The van der Waals surface area contributed by atoms with Crippen molar-refractivity contribution >= 4 is 0 Å². The monoisotopic (exact) mass is 267 g/mol. The predicted molar refractivity (Wildman–Crippen MR) is 64.0 cm³/mol. The van der Waals surface area contributed by atoms with Crippen LogP contribution in [-0.4, -0.2) is 51.7 Å². The van der Waals surface area contributed by atoms with Crippen LogP contribution in [0.3, 0.4) is 0 Å². The molecule has 0 rings (SSSR count). The zero-order valence-electron chi connectivity index (χ0n) is 12.2. The number of methoxy groups -OCH3 is 3. The zero-order valence-corrected chi connectivity index (χ0v) is 12.2. The van der Waals surface area contributed by atoms with Crippen LogP contribution < -0.4 is 0 Å². The molecule has 0 spiro atoms. The maximum Gasteiger partial charge on any atom is 0.177 e. The molecule has 0 aromatic carbocycles. The van der Waals surface area contributed by atoms with Gasteiger partial charge in [-0.1, -0.05) is 0 Å². The van der Waals surface area contributed by atoms with Gasteiger partial charge < -0.3 is 18.9 Å². The lowest BCUT2D eigenvalue weighted by atomic mass is 10.6. The molecule has 0 amide bonds. The highest BCUT2D eigenvalue weighted by atomic mass is 17.0. The van der Waals surface area contributed by atoms with Crippen molar-refractivity contribution in [3.8, 4) is 0 Å². The standard InChI is InChI=1S/C11H25NO6/c1-8(16-9(2)13-5)12(17-10(3)14-6)18-11(4)15-7/h8-11H,1-7H3. The van der Waals surface area contributed by atoms with E-state index in [0.717, 1.165) is 0 Å². The summed E-state index contributed by atoms with van der Waals surface area (Å²) in [6, 6.07) is 0. The van der Waals surface area contributed by atoms with Crippen molar-refractivity contribution < 1.29 is 28.6 Å². The van der Waals surface area contributed by atoms with Crippen LogP contribution in [0.4, 0.5) is 0 Å². The van der Waals surface area contributed by atoms with Crippen LogP contribution in [0, 0.1) is 0 Å². The Morgan fingerprint density at radius 2 is 1.06 bits per heavy atom. The minimum Gasteiger partial charge on any atom is -0.356 e. The Balaban J connectivity index is 4.42. The van der Waals surface area contributed by atoms with Gasteiger partial charge in [-0.25, -0.2) is 9.68 Å². The molecule has 0 radical (unpaired) electrons. The molecular formula is C11H25NO6. The molecule has 4 atom stereocenters. The van der Waals surface area contributed by atoms with E-state index in [1.807, 2.05) is 0 Å². The summed E-state index contributed by atoms with van der Waals surface area (Å²) in [7, 11) is 4.62. The van der Waals surface area contributed by atoms with Crippen molar-refractivity contribution in [2.45, 2.75) is 52.8 Å². The van der Waals surface area contributed by atoms with Gasteiger partial charge in [0.05, 0.1) is 0 Å². The van der Waals surface area contributed by atoms with E-state index in [1.54, 1.807) is 34.8 Å². The molecule has 7 heteroatoms. The van der Waals surface area contributed by atoms with E-state index in [1.165, 1.54) is 19.4 Å². The highest BCUT2D eigenvalue weighted by Gasteiger charge is 2.23. The van der Waals surface area contributed by atoms with Gasteiger partial charge in [-0.05, 0) is 32.9 Å². The molecule has 0 bridgehead atoms. The molecule has 7 nitrogen and oxygen atoms in total. The SMILES string of the molecule is COC(C)OC(C)N(OC(C)OC)OC(C)OC. The minimum atomic E-state index is -0.491. The quantitative estimate of drug-likeness (QED) is 0.439. The van der Waals surface area contributed by atoms with Crippen molar-refractivity contribution in [2.75, 3.05) is 21.3 Å². The first-order chi connectivity index (χ1) is 8.44. The van der Waals surface area contributed by atoms with E-state index < -0.39 is 18.8 Å². The maximum absolute atomic E-state index is 5.49. The number of rotatable bonds is 10. The summed E-state index contributed by atoms with van der Waals surface area (Å²) in [6.07, 6.45) is -1.82. The van der Waals surface area contributed by atoms with Gasteiger partial charge in [-0.15, -0.1) is 0 Å². The molecule has 4 unspecified atom stereocenters. The maximum atomic E-state index is 5.49. The molecule has 0 aliphatic carbocycles. The summed E-state index contributed by atoms with van der Waals surface area (Å²) in [4.78, 5) is 10.8.